The van der Waals surface area contributed by atoms with Crippen molar-refractivity contribution in [1.29, 1.82) is 0 Å². The van der Waals surface area contributed by atoms with Crippen LogP contribution in [-0.4, -0.2) is 16.8 Å². The maximum atomic E-state index is 11.2. The summed E-state index contributed by atoms with van der Waals surface area (Å²) in [6, 6.07) is 3.49. The van der Waals surface area contributed by atoms with E-state index in [2.05, 4.69) is 5.32 Å². The predicted octanol–water partition coefficient (Wildman–Crippen LogP) is 0.493. The lowest BCUT2D eigenvalue weighted by Gasteiger charge is -2.04. The van der Waals surface area contributed by atoms with Crippen molar-refractivity contribution in [3.8, 4) is 0 Å². The summed E-state index contributed by atoms with van der Waals surface area (Å²) < 4.78 is 0. The summed E-state index contributed by atoms with van der Waals surface area (Å²) in [6.07, 6.45) is 1.24. The molecule has 0 aromatic heterocycles. The highest BCUT2D eigenvalue weighted by molar-refractivity contribution is 6.34. The summed E-state index contributed by atoms with van der Waals surface area (Å²) in [5.41, 5.74) is -0.238. The van der Waals surface area contributed by atoms with Crippen molar-refractivity contribution in [3.05, 3.63) is 45.5 Å². The molecule has 0 saturated heterocycles. The van der Waals surface area contributed by atoms with Crippen molar-refractivity contribution in [2.24, 2.45) is 0 Å². The number of hydrogen-bond acceptors (Lipinski definition) is 5. The number of rotatable bonds is 4. The van der Waals surface area contributed by atoms with Gasteiger partial charge in [-0.2, -0.15) is 0 Å². The number of benzene rings is 1. The highest BCUT2D eigenvalue weighted by atomic mass is 35.5. The monoisotopic (exact) mass is 269 g/mol. The Hall–Kier alpha value is -2.41. The fourth-order valence-electron chi connectivity index (χ4n) is 1.04. The molecule has 0 spiro atoms. The predicted molar refractivity (Wildman–Crippen MR) is 60.9 cm³/mol. The zero-order valence-electron chi connectivity index (χ0n) is 8.75. The number of halogens is 1. The molecule has 0 saturated carbocycles. The van der Waals surface area contributed by atoms with Crippen LogP contribution in [0.1, 0.15) is 0 Å². The molecular weight excluding hydrogens is 264 g/mol. The smallest absolute Gasteiger partial charge is 0.271 e. The van der Waals surface area contributed by atoms with E-state index in [1.807, 2.05) is 0 Å². The fourth-order valence-corrected chi connectivity index (χ4v) is 1.21. The summed E-state index contributed by atoms with van der Waals surface area (Å²) in [4.78, 5) is 31.2. The zero-order chi connectivity index (χ0) is 13.7. The minimum absolute atomic E-state index is 0.0128. The normalized spacial score (nSPS) is 10.3. The summed E-state index contributed by atoms with van der Waals surface area (Å²) in [5, 5.41) is 22.9. The first-order chi connectivity index (χ1) is 8.40. The van der Waals surface area contributed by atoms with Crippen LogP contribution in [0, 0.1) is 10.1 Å². The van der Waals surface area contributed by atoms with E-state index in [0.29, 0.717) is 12.2 Å². The first kappa shape index (κ1) is 13.7. The van der Waals surface area contributed by atoms with Gasteiger partial charge in [0.2, 0.25) is 5.91 Å². The molecule has 0 aliphatic rings. The molecule has 0 radical (unpaired) electrons. The van der Waals surface area contributed by atoms with Crippen molar-refractivity contribution in [2.45, 2.75) is 0 Å². The molecule has 0 aliphatic carbocycles. The zero-order valence-corrected chi connectivity index (χ0v) is 9.51. The molecule has 0 unspecified atom stereocenters. The molecule has 1 amide bonds. The molecule has 0 atom stereocenters. The first-order valence-corrected chi connectivity index (χ1v) is 4.92. The molecular formula is C10H6ClN2O5-. The third-order valence-electron chi connectivity index (χ3n) is 1.79. The molecule has 94 valence electrons. The fraction of sp³-hybridized carbons (Fsp3) is 0. The van der Waals surface area contributed by atoms with Gasteiger partial charge in [0.1, 0.15) is 0 Å². The third kappa shape index (κ3) is 3.87. The molecule has 7 nitrogen and oxygen atoms in total. The Morgan fingerprint density at radius 3 is 2.56 bits per heavy atom. The lowest BCUT2D eigenvalue weighted by atomic mass is 10.2. The quantitative estimate of drug-likeness (QED) is 0.486. The Morgan fingerprint density at radius 2 is 2.00 bits per heavy atom. The van der Waals surface area contributed by atoms with Gasteiger partial charge in [-0.25, -0.2) is 0 Å². The molecule has 0 aliphatic heterocycles. The number of aliphatic carboxylic acids is 1. The van der Waals surface area contributed by atoms with Gasteiger partial charge in [-0.1, -0.05) is 11.6 Å². The Morgan fingerprint density at radius 1 is 1.33 bits per heavy atom. The molecule has 1 rings (SSSR count). The van der Waals surface area contributed by atoms with Gasteiger partial charge in [-0.3, -0.25) is 14.9 Å². The van der Waals surface area contributed by atoms with E-state index >= 15 is 0 Å². The van der Waals surface area contributed by atoms with Crippen molar-refractivity contribution in [2.75, 3.05) is 5.32 Å². The molecule has 0 heterocycles. The van der Waals surface area contributed by atoms with Crippen LogP contribution in [-0.2, 0) is 9.59 Å². The molecule has 18 heavy (non-hydrogen) atoms. The Kier molecular flexibility index (Phi) is 4.39. The second kappa shape index (κ2) is 5.78. The number of carbonyl (C=O) groups is 2. The number of carboxylic acid groups (broad SMARTS) is 1. The summed E-state index contributed by atoms with van der Waals surface area (Å²) in [7, 11) is 0. The topological polar surface area (TPSA) is 112 Å². The number of carboxylic acids is 1. The maximum absolute atomic E-state index is 11.2. The first-order valence-electron chi connectivity index (χ1n) is 4.54. The van der Waals surface area contributed by atoms with E-state index in [9.17, 15) is 24.8 Å². The van der Waals surface area contributed by atoms with Crippen LogP contribution in [0.2, 0.25) is 5.02 Å². The number of nitro groups is 1. The van der Waals surface area contributed by atoms with Crippen molar-refractivity contribution < 1.29 is 19.6 Å². The molecule has 1 aromatic carbocycles. The molecule has 0 fully saturated rings. The molecule has 1 aromatic rings. The van der Waals surface area contributed by atoms with Crippen LogP contribution < -0.4 is 10.4 Å². The SMILES string of the molecule is O=C([O-])C=CC(=O)Nc1cc([N+](=O)[O-])ccc1Cl. The van der Waals surface area contributed by atoms with E-state index in [4.69, 9.17) is 11.6 Å². The standard InChI is InChI=1S/C10H7ClN2O5/c11-7-2-1-6(13(17)18)5-8(7)12-9(14)3-4-10(15)16/h1-5H,(H,12,14)(H,15,16)/p-1. The van der Waals surface area contributed by atoms with Gasteiger partial charge in [0.15, 0.2) is 0 Å². The number of nitrogens with zero attached hydrogens (tertiary/aromatic N) is 1. The number of carbonyl (C=O) groups excluding carboxylic acids is 2. The van der Waals surface area contributed by atoms with Gasteiger partial charge in [0, 0.05) is 18.2 Å². The van der Waals surface area contributed by atoms with Gasteiger partial charge in [-0.15, -0.1) is 0 Å². The Labute approximate surface area is 106 Å². The second-order valence-corrected chi connectivity index (χ2v) is 3.47. The summed E-state index contributed by atoms with van der Waals surface area (Å²) >= 11 is 5.72. The molecule has 0 bridgehead atoms. The van der Waals surface area contributed by atoms with Gasteiger partial charge in [0.25, 0.3) is 5.69 Å². The van der Waals surface area contributed by atoms with E-state index < -0.39 is 16.8 Å². The van der Waals surface area contributed by atoms with Crippen molar-refractivity contribution in [1.82, 2.24) is 0 Å². The summed E-state index contributed by atoms with van der Waals surface area (Å²) in [5.74, 6) is -2.32. The van der Waals surface area contributed by atoms with Gasteiger partial charge >= 0.3 is 0 Å². The minimum Gasteiger partial charge on any atom is -0.545 e. The number of non-ortho nitro benzene ring substituents is 1. The second-order valence-electron chi connectivity index (χ2n) is 3.06. The number of amides is 1. The highest BCUT2D eigenvalue weighted by Gasteiger charge is 2.10. The van der Waals surface area contributed by atoms with E-state index in [0.717, 1.165) is 6.07 Å². The van der Waals surface area contributed by atoms with Crippen LogP contribution in [0.25, 0.3) is 0 Å². The number of nitrogens with one attached hydrogen (secondary N) is 1. The van der Waals surface area contributed by atoms with Crippen LogP contribution in [0.15, 0.2) is 30.4 Å². The number of hydrogen-bond donors (Lipinski definition) is 1. The van der Waals surface area contributed by atoms with E-state index in [1.54, 1.807) is 0 Å². The Bertz CT molecular complexity index is 541. The van der Waals surface area contributed by atoms with Crippen LogP contribution in [0.4, 0.5) is 11.4 Å². The lowest BCUT2D eigenvalue weighted by Crippen LogP contribution is -2.20. The number of anilines is 1. The van der Waals surface area contributed by atoms with E-state index in [1.165, 1.54) is 12.1 Å². The highest BCUT2D eigenvalue weighted by Crippen LogP contribution is 2.26. The van der Waals surface area contributed by atoms with Gasteiger partial charge in [0.05, 0.1) is 21.6 Å². The average Bonchev–Trinajstić information content (AvgIpc) is 2.29. The lowest BCUT2D eigenvalue weighted by molar-refractivity contribution is -0.384. The third-order valence-corrected chi connectivity index (χ3v) is 2.12. The van der Waals surface area contributed by atoms with Crippen molar-refractivity contribution >= 4 is 34.9 Å². The van der Waals surface area contributed by atoms with Gasteiger partial charge < -0.3 is 15.2 Å². The number of nitro benzene ring substituents is 1. The maximum Gasteiger partial charge on any atom is 0.271 e. The van der Waals surface area contributed by atoms with Crippen LogP contribution in [0.3, 0.4) is 0 Å². The molecule has 8 heteroatoms. The van der Waals surface area contributed by atoms with E-state index in [-0.39, 0.29) is 16.4 Å². The minimum atomic E-state index is -1.53. The average molecular weight is 270 g/mol. The van der Waals surface area contributed by atoms with Crippen LogP contribution in [0.5, 0.6) is 0 Å². The summed E-state index contributed by atoms with van der Waals surface area (Å²) in [6.45, 7) is 0. The van der Waals surface area contributed by atoms with Crippen LogP contribution >= 0.6 is 11.6 Å². The van der Waals surface area contributed by atoms with Crippen molar-refractivity contribution in [3.63, 3.8) is 0 Å². The van der Waals surface area contributed by atoms with Gasteiger partial charge in [-0.05, 0) is 12.1 Å². The molecule has 1 N–H and O–H groups in total. The largest absolute Gasteiger partial charge is 0.545 e. The Balaban J connectivity index is 2.90.